The molecule has 2 aromatic rings. The van der Waals surface area contributed by atoms with E-state index in [0.29, 0.717) is 30.2 Å². The topological polar surface area (TPSA) is 111 Å². The highest BCUT2D eigenvalue weighted by atomic mass is 32.2. The molecule has 1 aromatic heterocycles. The van der Waals surface area contributed by atoms with Gasteiger partial charge in [0.15, 0.2) is 4.21 Å². The van der Waals surface area contributed by atoms with Gasteiger partial charge in [0.25, 0.3) is 10.0 Å². The number of hydrogen-bond donors (Lipinski definition) is 1. The summed E-state index contributed by atoms with van der Waals surface area (Å²) in [6.07, 6.45) is 0. The maximum Gasteiger partial charge on any atom is 0.348 e. The zero-order chi connectivity index (χ0) is 21.9. The van der Waals surface area contributed by atoms with Crippen molar-refractivity contribution in [3.63, 3.8) is 0 Å². The largest absolute Gasteiger partial charge is 0.465 e. The van der Waals surface area contributed by atoms with E-state index in [1.54, 1.807) is 12.1 Å². The highest BCUT2D eigenvalue weighted by molar-refractivity contribution is 7.94. The Kier molecular flexibility index (Phi) is 6.64. The number of methoxy groups -OCH3 is 2. The van der Waals surface area contributed by atoms with Gasteiger partial charge in [0.05, 0.1) is 33.0 Å². The number of sulfonamides is 1. The molecule has 1 saturated heterocycles. The predicted octanol–water partition coefficient (Wildman–Crippen LogP) is 2.27. The molecule has 2 heterocycles. The van der Waals surface area contributed by atoms with Crippen LogP contribution in [0.15, 0.2) is 28.5 Å². The van der Waals surface area contributed by atoms with Gasteiger partial charge in [-0.1, -0.05) is 0 Å². The first-order valence-corrected chi connectivity index (χ1v) is 11.3. The maximum atomic E-state index is 13.0. The quantitative estimate of drug-likeness (QED) is 0.662. The van der Waals surface area contributed by atoms with Gasteiger partial charge in [-0.25, -0.2) is 18.0 Å². The average Bonchev–Trinajstić information content (AvgIpc) is 3.11. The molecule has 0 amide bonds. The molecule has 1 aromatic carbocycles. The van der Waals surface area contributed by atoms with Gasteiger partial charge in [0.1, 0.15) is 4.88 Å². The van der Waals surface area contributed by atoms with Crippen molar-refractivity contribution >= 4 is 44.7 Å². The summed E-state index contributed by atoms with van der Waals surface area (Å²) in [4.78, 5) is 26.4. The first kappa shape index (κ1) is 22.1. The minimum Gasteiger partial charge on any atom is -0.465 e. The van der Waals surface area contributed by atoms with E-state index in [9.17, 15) is 18.0 Å². The number of benzene rings is 1. The van der Waals surface area contributed by atoms with E-state index in [-0.39, 0.29) is 20.2 Å². The van der Waals surface area contributed by atoms with Gasteiger partial charge in [-0.05, 0) is 36.8 Å². The Balaban J connectivity index is 1.91. The third-order valence-corrected chi connectivity index (χ3v) is 7.79. The molecule has 1 fully saturated rings. The Morgan fingerprint density at radius 1 is 1.07 bits per heavy atom. The van der Waals surface area contributed by atoms with Gasteiger partial charge in [-0.15, -0.1) is 11.3 Å². The third kappa shape index (κ3) is 4.42. The Labute approximate surface area is 178 Å². The van der Waals surface area contributed by atoms with E-state index in [1.165, 1.54) is 14.0 Å². The Morgan fingerprint density at radius 2 is 1.67 bits per heavy atom. The smallest absolute Gasteiger partial charge is 0.348 e. The molecule has 3 rings (SSSR count). The molecule has 11 heteroatoms. The first-order valence-electron chi connectivity index (χ1n) is 9.04. The number of carbonyl (C=O) groups excluding carboxylic acids is 2. The molecule has 162 valence electrons. The average molecular weight is 455 g/mol. The van der Waals surface area contributed by atoms with Crippen LogP contribution in [0.2, 0.25) is 0 Å². The maximum absolute atomic E-state index is 13.0. The minimum absolute atomic E-state index is 0.0286. The fraction of sp³-hybridized carbons (Fsp3) is 0.368. The van der Waals surface area contributed by atoms with Gasteiger partial charge >= 0.3 is 11.9 Å². The molecule has 0 bridgehead atoms. The summed E-state index contributed by atoms with van der Waals surface area (Å²) in [6.45, 7) is 4.29. The van der Waals surface area contributed by atoms with Crippen LogP contribution >= 0.6 is 11.3 Å². The number of carbonyl (C=O) groups is 2. The van der Waals surface area contributed by atoms with Gasteiger partial charge in [-0.3, -0.25) is 4.72 Å². The number of esters is 2. The van der Waals surface area contributed by atoms with Crippen molar-refractivity contribution in [3.8, 4) is 0 Å². The Bertz CT molecular complexity index is 1040. The van der Waals surface area contributed by atoms with Crippen molar-refractivity contribution < 1.29 is 32.2 Å². The van der Waals surface area contributed by atoms with Crippen LogP contribution < -0.4 is 9.62 Å². The molecule has 0 unspecified atom stereocenters. The lowest BCUT2D eigenvalue weighted by Crippen LogP contribution is -2.36. The van der Waals surface area contributed by atoms with Gasteiger partial charge in [0.2, 0.25) is 0 Å². The van der Waals surface area contributed by atoms with Gasteiger partial charge < -0.3 is 19.1 Å². The second-order valence-electron chi connectivity index (χ2n) is 6.45. The zero-order valence-electron chi connectivity index (χ0n) is 16.8. The molecule has 30 heavy (non-hydrogen) atoms. The van der Waals surface area contributed by atoms with Crippen LogP contribution in [0.5, 0.6) is 0 Å². The molecule has 1 aliphatic heterocycles. The molecule has 9 nitrogen and oxygen atoms in total. The lowest BCUT2D eigenvalue weighted by molar-refractivity contribution is 0.0596. The van der Waals surface area contributed by atoms with Crippen LogP contribution in [-0.4, -0.2) is 60.9 Å². The molecule has 1 aliphatic rings. The molecule has 0 aliphatic carbocycles. The van der Waals surface area contributed by atoms with E-state index in [0.717, 1.165) is 25.9 Å². The number of anilines is 2. The number of nitrogens with zero attached hydrogens (tertiary/aromatic N) is 1. The first-order chi connectivity index (χ1) is 14.3. The number of nitrogens with one attached hydrogen (secondary N) is 1. The number of thiophene rings is 1. The summed E-state index contributed by atoms with van der Waals surface area (Å²) in [7, 11) is -1.83. The summed E-state index contributed by atoms with van der Waals surface area (Å²) in [5, 5.41) is 0. The van der Waals surface area contributed by atoms with Crippen molar-refractivity contribution in [2.45, 2.75) is 11.1 Å². The Morgan fingerprint density at radius 3 is 2.23 bits per heavy atom. The van der Waals surface area contributed by atoms with Crippen LogP contribution in [0.4, 0.5) is 11.4 Å². The normalized spacial score (nSPS) is 14.3. The van der Waals surface area contributed by atoms with Crippen LogP contribution in [0.25, 0.3) is 0 Å². The van der Waals surface area contributed by atoms with Crippen molar-refractivity contribution in [3.05, 3.63) is 40.3 Å². The molecule has 0 atom stereocenters. The highest BCUT2D eigenvalue weighted by Gasteiger charge is 2.32. The van der Waals surface area contributed by atoms with Gasteiger partial charge in [0, 0.05) is 24.5 Å². The summed E-state index contributed by atoms with van der Waals surface area (Å²) < 4.78 is 42.9. The number of hydrogen-bond acceptors (Lipinski definition) is 9. The SMILES string of the molecule is COC(=O)c1sc(S(=O)(=O)Nc2ccc(N3CCOCC3)cc2)c(C(=O)OC)c1C. The summed E-state index contributed by atoms with van der Waals surface area (Å²) in [5.74, 6) is -1.57. The van der Waals surface area contributed by atoms with E-state index in [4.69, 9.17) is 14.2 Å². The monoisotopic (exact) mass is 454 g/mol. The predicted molar refractivity (Wildman–Crippen MR) is 112 cm³/mol. The Hall–Kier alpha value is -2.63. The number of morpholine rings is 1. The van der Waals surface area contributed by atoms with Crippen LogP contribution in [0, 0.1) is 6.92 Å². The van der Waals surface area contributed by atoms with E-state index in [2.05, 4.69) is 9.62 Å². The molecular weight excluding hydrogens is 432 g/mol. The molecule has 1 N–H and O–H groups in total. The summed E-state index contributed by atoms with van der Waals surface area (Å²) in [5.41, 5.74) is 1.30. The standard InChI is InChI=1S/C19H22N2O7S2/c1-12-15(17(22)26-2)19(29-16(12)18(23)27-3)30(24,25)20-13-4-6-14(7-5-13)21-8-10-28-11-9-21/h4-7,20H,8-11H2,1-3H3. The van der Waals surface area contributed by atoms with Crippen LogP contribution in [0.1, 0.15) is 25.6 Å². The minimum atomic E-state index is -4.15. The van der Waals surface area contributed by atoms with E-state index >= 15 is 0 Å². The second-order valence-corrected chi connectivity index (χ2v) is 9.35. The second kappa shape index (κ2) is 9.02. The van der Waals surface area contributed by atoms with Crippen molar-refractivity contribution in [2.75, 3.05) is 50.1 Å². The molecule has 0 spiro atoms. The third-order valence-electron chi connectivity index (χ3n) is 4.61. The lowest BCUT2D eigenvalue weighted by Gasteiger charge is -2.28. The fourth-order valence-electron chi connectivity index (χ4n) is 3.07. The van der Waals surface area contributed by atoms with Crippen molar-refractivity contribution in [2.24, 2.45) is 0 Å². The summed E-state index contributed by atoms with van der Waals surface area (Å²) in [6, 6.07) is 6.90. The van der Waals surface area contributed by atoms with Crippen molar-refractivity contribution in [1.29, 1.82) is 0 Å². The molecular formula is C19H22N2O7S2. The van der Waals surface area contributed by atoms with Crippen molar-refractivity contribution in [1.82, 2.24) is 0 Å². The number of rotatable bonds is 6. The van der Waals surface area contributed by atoms with Crippen LogP contribution in [-0.2, 0) is 24.2 Å². The lowest BCUT2D eigenvalue weighted by atomic mass is 10.2. The zero-order valence-corrected chi connectivity index (χ0v) is 18.4. The summed E-state index contributed by atoms with van der Waals surface area (Å²) >= 11 is 0.667. The fourth-order valence-corrected chi connectivity index (χ4v) is 5.87. The highest BCUT2D eigenvalue weighted by Crippen LogP contribution is 2.34. The number of ether oxygens (including phenoxy) is 3. The van der Waals surface area contributed by atoms with Gasteiger partial charge in [-0.2, -0.15) is 0 Å². The molecule has 0 saturated carbocycles. The van der Waals surface area contributed by atoms with Crippen LogP contribution in [0.3, 0.4) is 0 Å². The van der Waals surface area contributed by atoms with E-state index < -0.39 is 22.0 Å². The molecule has 0 radical (unpaired) electrons. The van der Waals surface area contributed by atoms with E-state index in [1.807, 2.05) is 12.1 Å².